The fraction of sp³-hybridized carbons (Fsp3) is 0.217. The minimum absolute atomic E-state index is 0.119. The molecule has 1 saturated heterocycles. The van der Waals surface area contributed by atoms with Gasteiger partial charge in [-0.15, -0.1) is 22.7 Å². The summed E-state index contributed by atoms with van der Waals surface area (Å²) >= 11 is 3.87. The first-order chi connectivity index (χ1) is 16.0. The van der Waals surface area contributed by atoms with Crippen LogP contribution < -0.4 is 10.1 Å². The zero-order valence-electron chi connectivity index (χ0n) is 17.8. The van der Waals surface area contributed by atoms with Crippen LogP contribution in [-0.2, 0) is 16.0 Å². The minimum Gasteiger partial charge on any atom is -0.493 e. The molecule has 10 heteroatoms. The maximum absolute atomic E-state index is 12.5. The van der Waals surface area contributed by atoms with Crippen LogP contribution in [0.5, 0.6) is 5.75 Å². The quantitative estimate of drug-likeness (QED) is 0.431. The van der Waals surface area contributed by atoms with Gasteiger partial charge in [0.15, 0.2) is 0 Å². The Labute approximate surface area is 203 Å². The number of rotatable bonds is 9. The number of carbonyl (C=O) groups excluding carboxylic acids is 3. The Morgan fingerprint density at radius 1 is 1.18 bits per heavy atom. The zero-order chi connectivity index (χ0) is 23.2. The molecule has 0 atom stereocenters. The fourth-order valence-electron chi connectivity index (χ4n) is 3.17. The highest BCUT2D eigenvalue weighted by atomic mass is 32.2. The van der Waals surface area contributed by atoms with Gasteiger partial charge in [-0.1, -0.05) is 18.2 Å². The van der Waals surface area contributed by atoms with Crippen molar-refractivity contribution in [3.05, 3.63) is 62.6 Å². The molecule has 0 radical (unpaired) electrons. The maximum Gasteiger partial charge on any atom is 0.293 e. The topological polar surface area (TPSA) is 88.6 Å². The number of carbonyl (C=O) groups is 3. The van der Waals surface area contributed by atoms with Gasteiger partial charge in [0, 0.05) is 23.3 Å². The van der Waals surface area contributed by atoms with E-state index in [9.17, 15) is 14.4 Å². The van der Waals surface area contributed by atoms with Crippen molar-refractivity contribution in [2.24, 2.45) is 0 Å². The smallest absolute Gasteiger partial charge is 0.293 e. The van der Waals surface area contributed by atoms with Gasteiger partial charge in [0.1, 0.15) is 10.8 Å². The molecular formula is C23H21N3O4S3. The molecule has 4 rings (SSSR count). The van der Waals surface area contributed by atoms with E-state index in [4.69, 9.17) is 4.74 Å². The average Bonchev–Trinajstić information content (AvgIpc) is 3.53. The van der Waals surface area contributed by atoms with Gasteiger partial charge < -0.3 is 10.1 Å². The second-order valence-corrected chi connectivity index (χ2v) is 9.78. The van der Waals surface area contributed by atoms with Crippen LogP contribution >= 0.6 is 34.4 Å². The van der Waals surface area contributed by atoms with Gasteiger partial charge in [-0.05, 0) is 48.3 Å². The number of para-hydroxylation sites is 1. The summed E-state index contributed by atoms with van der Waals surface area (Å²) in [6.45, 7) is 2.80. The molecule has 1 aliphatic rings. The third-order valence-corrected chi connectivity index (χ3v) is 7.31. The first-order valence-electron chi connectivity index (χ1n) is 10.3. The van der Waals surface area contributed by atoms with Crippen LogP contribution in [0.15, 0.2) is 52.1 Å². The SMILES string of the molecule is CCOc1ccccc1-c1nc(CC(=O)NCCN2C(=O)S/C(=C\c3cccs3)C2=O)cs1. The van der Waals surface area contributed by atoms with E-state index < -0.39 is 0 Å². The zero-order valence-corrected chi connectivity index (χ0v) is 20.2. The number of nitrogens with one attached hydrogen (secondary N) is 1. The molecule has 0 aliphatic carbocycles. The van der Waals surface area contributed by atoms with Gasteiger partial charge in [-0.2, -0.15) is 0 Å². The fourth-order valence-corrected chi connectivity index (χ4v) is 5.60. The number of ether oxygens (including phenoxy) is 1. The highest BCUT2D eigenvalue weighted by Crippen LogP contribution is 2.33. The van der Waals surface area contributed by atoms with Crippen molar-refractivity contribution < 1.29 is 19.1 Å². The van der Waals surface area contributed by atoms with Crippen molar-refractivity contribution in [3.8, 4) is 16.3 Å². The van der Waals surface area contributed by atoms with Crippen LogP contribution in [0.1, 0.15) is 17.5 Å². The van der Waals surface area contributed by atoms with Gasteiger partial charge in [0.05, 0.1) is 29.2 Å². The maximum atomic E-state index is 12.5. The summed E-state index contributed by atoms with van der Waals surface area (Å²) in [5.74, 6) is 0.214. The molecule has 1 fully saturated rings. The van der Waals surface area contributed by atoms with Crippen LogP contribution in [0.4, 0.5) is 4.79 Å². The second-order valence-electron chi connectivity index (χ2n) is 6.95. The number of amides is 3. The van der Waals surface area contributed by atoms with Crippen molar-refractivity contribution >= 4 is 57.6 Å². The number of thiazole rings is 1. The molecule has 0 bridgehead atoms. The third kappa shape index (κ3) is 5.70. The number of nitrogens with zero attached hydrogens (tertiary/aromatic N) is 2. The third-order valence-electron chi connectivity index (χ3n) is 4.66. The Bertz CT molecular complexity index is 1190. The highest BCUT2D eigenvalue weighted by Gasteiger charge is 2.34. The molecule has 170 valence electrons. The van der Waals surface area contributed by atoms with Crippen molar-refractivity contribution in [2.45, 2.75) is 13.3 Å². The lowest BCUT2D eigenvalue weighted by Crippen LogP contribution is -2.37. The van der Waals surface area contributed by atoms with Crippen LogP contribution in [-0.4, -0.2) is 46.6 Å². The van der Waals surface area contributed by atoms with Crippen LogP contribution in [0, 0.1) is 0 Å². The lowest BCUT2D eigenvalue weighted by Gasteiger charge is -2.12. The number of hydrogen-bond acceptors (Lipinski definition) is 8. The van der Waals surface area contributed by atoms with Crippen molar-refractivity contribution in [1.29, 1.82) is 0 Å². The molecule has 0 saturated carbocycles. The van der Waals surface area contributed by atoms with Gasteiger partial charge in [-0.3, -0.25) is 19.3 Å². The molecule has 33 heavy (non-hydrogen) atoms. The molecule has 3 amide bonds. The average molecular weight is 500 g/mol. The summed E-state index contributed by atoms with van der Waals surface area (Å²) in [4.78, 5) is 44.1. The van der Waals surface area contributed by atoms with E-state index in [-0.39, 0.29) is 36.6 Å². The number of benzene rings is 1. The Kier molecular flexibility index (Phi) is 7.58. The van der Waals surface area contributed by atoms with E-state index >= 15 is 0 Å². The summed E-state index contributed by atoms with van der Waals surface area (Å²) in [6.07, 6.45) is 1.84. The van der Waals surface area contributed by atoms with Crippen molar-refractivity contribution in [2.75, 3.05) is 19.7 Å². The van der Waals surface area contributed by atoms with Gasteiger partial charge in [0.2, 0.25) is 5.91 Å². The number of aromatic nitrogens is 1. The molecule has 0 spiro atoms. The van der Waals surface area contributed by atoms with Crippen LogP contribution in [0.2, 0.25) is 0 Å². The first-order valence-corrected chi connectivity index (χ1v) is 12.8. The lowest BCUT2D eigenvalue weighted by atomic mass is 10.2. The summed E-state index contributed by atoms with van der Waals surface area (Å²) in [6, 6.07) is 11.4. The molecule has 3 heterocycles. The van der Waals surface area contributed by atoms with E-state index in [1.807, 2.05) is 54.1 Å². The monoisotopic (exact) mass is 499 g/mol. The molecule has 1 aromatic carbocycles. The van der Waals surface area contributed by atoms with Crippen LogP contribution in [0.25, 0.3) is 16.6 Å². The minimum atomic E-state index is -0.329. The van der Waals surface area contributed by atoms with E-state index in [0.717, 1.165) is 37.9 Å². The summed E-state index contributed by atoms with van der Waals surface area (Å²) in [5.41, 5.74) is 1.55. The number of imide groups is 1. The normalized spacial score (nSPS) is 14.8. The molecule has 2 aromatic heterocycles. The van der Waals surface area contributed by atoms with E-state index in [0.29, 0.717) is 17.2 Å². The standard InChI is InChI=1S/C23H21N3O4S3/c1-2-30-18-8-4-3-7-17(18)21-25-15(14-32-21)12-20(27)24-9-10-26-22(28)19(33-23(26)29)13-16-6-5-11-31-16/h3-8,11,13-14H,2,9-10,12H2,1H3,(H,24,27)/b19-13-. The largest absolute Gasteiger partial charge is 0.493 e. The first kappa shape index (κ1) is 23.2. The summed E-state index contributed by atoms with van der Waals surface area (Å²) in [5, 5.41) is 6.99. The van der Waals surface area contributed by atoms with E-state index in [2.05, 4.69) is 10.3 Å². The van der Waals surface area contributed by atoms with Gasteiger partial charge in [-0.25, -0.2) is 4.98 Å². The molecule has 7 nitrogen and oxygen atoms in total. The predicted octanol–water partition coefficient (Wildman–Crippen LogP) is 4.67. The lowest BCUT2D eigenvalue weighted by molar-refractivity contribution is -0.124. The number of thioether (sulfide) groups is 1. The molecule has 1 aliphatic heterocycles. The summed E-state index contributed by atoms with van der Waals surface area (Å²) in [7, 11) is 0. The van der Waals surface area contributed by atoms with Crippen molar-refractivity contribution in [3.63, 3.8) is 0 Å². The molecule has 3 aromatic rings. The van der Waals surface area contributed by atoms with Gasteiger partial charge in [0.25, 0.3) is 11.1 Å². The molecule has 1 N–H and O–H groups in total. The summed E-state index contributed by atoms with van der Waals surface area (Å²) < 4.78 is 5.66. The van der Waals surface area contributed by atoms with Crippen LogP contribution in [0.3, 0.4) is 0 Å². The number of thiophene rings is 1. The Hall–Kier alpha value is -2.95. The molecular weight excluding hydrogens is 478 g/mol. The predicted molar refractivity (Wildman–Crippen MR) is 132 cm³/mol. The van der Waals surface area contributed by atoms with E-state index in [1.54, 1.807) is 6.08 Å². The highest BCUT2D eigenvalue weighted by molar-refractivity contribution is 8.18. The Morgan fingerprint density at radius 3 is 2.82 bits per heavy atom. The number of hydrogen-bond donors (Lipinski definition) is 1. The van der Waals surface area contributed by atoms with Gasteiger partial charge >= 0.3 is 0 Å². The van der Waals surface area contributed by atoms with Crippen molar-refractivity contribution in [1.82, 2.24) is 15.2 Å². The van der Waals surface area contributed by atoms with E-state index in [1.165, 1.54) is 22.7 Å². The Balaban J connectivity index is 1.29. The Morgan fingerprint density at radius 2 is 2.03 bits per heavy atom. The molecule has 0 unspecified atom stereocenters. The second kappa shape index (κ2) is 10.8.